The van der Waals surface area contributed by atoms with E-state index in [1.165, 1.54) is 11.8 Å². The molecular weight excluding hydrogens is 288 g/mol. The monoisotopic (exact) mass is 299 g/mol. The van der Waals surface area contributed by atoms with E-state index in [0.29, 0.717) is 11.2 Å². The summed E-state index contributed by atoms with van der Waals surface area (Å²) in [5, 5.41) is 11.3. The van der Waals surface area contributed by atoms with Crippen LogP contribution in [0.5, 0.6) is 0 Å². The molecule has 5 nitrogen and oxygen atoms in total. The number of nitro groups is 1. The Morgan fingerprint density at radius 3 is 2.90 bits per heavy atom. The predicted octanol–water partition coefficient (Wildman–Crippen LogP) is 2.54. The van der Waals surface area contributed by atoms with Crippen LogP contribution in [0.4, 0.5) is 14.5 Å². The number of halogens is 2. The number of non-ortho nitro benzene ring substituents is 1. The van der Waals surface area contributed by atoms with Crippen molar-refractivity contribution in [2.75, 3.05) is 0 Å². The van der Waals surface area contributed by atoms with Crippen LogP contribution in [-0.4, -0.2) is 15.3 Å². The minimum absolute atomic E-state index is 0.0238. The lowest BCUT2D eigenvalue weighted by atomic mass is 9.86. The molecule has 8 heteroatoms. The zero-order valence-corrected chi connectivity index (χ0v) is 11.3. The molecule has 0 radical (unpaired) electrons. The molecule has 3 rings (SSSR count). The van der Waals surface area contributed by atoms with Crippen molar-refractivity contribution in [3.63, 3.8) is 0 Å². The number of fused-ring (bicyclic) bond motifs is 1. The number of aliphatic imine (C=N–C) groups is 1. The van der Waals surface area contributed by atoms with Gasteiger partial charge in [0, 0.05) is 22.8 Å². The molecule has 106 valence electrons. The number of thioether (sulfide) groups is 1. The number of hydrogen-bond acceptors (Lipinski definition) is 5. The third kappa shape index (κ3) is 1.86. The van der Waals surface area contributed by atoms with Gasteiger partial charge in [-0.2, -0.15) is 0 Å². The van der Waals surface area contributed by atoms with Crippen LogP contribution in [0, 0.1) is 27.7 Å². The highest BCUT2D eigenvalue weighted by Crippen LogP contribution is 2.57. The van der Waals surface area contributed by atoms with Gasteiger partial charge in [-0.1, -0.05) is 11.8 Å². The third-order valence-corrected chi connectivity index (χ3v) is 4.99. The topological polar surface area (TPSA) is 81.5 Å². The molecule has 3 atom stereocenters. The van der Waals surface area contributed by atoms with Crippen LogP contribution in [-0.2, 0) is 5.54 Å². The van der Waals surface area contributed by atoms with Crippen molar-refractivity contribution in [1.29, 1.82) is 0 Å². The highest BCUT2D eigenvalue weighted by atomic mass is 32.2. The summed E-state index contributed by atoms with van der Waals surface area (Å²) < 4.78 is 27.7. The Hall–Kier alpha value is -1.70. The van der Waals surface area contributed by atoms with Crippen LogP contribution in [0.15, 0.2) is 17.1 Å². The lowest BCUT2D eigenvalue weighted by molar-refractivity contribution is -0.385. The molecule has 20 heavy (non-hydrogen) atoms. The van der Waals surface area contributed by atoms with Gasteiger partial charge in [0.1, 0.15) is 0 Å². The molecule has 0 amide bonds. The predicted molar refractivity (Wildman–Crippen MR) is 71.5 cm³/mol. The second kappa shape index (κ2) is 4.15. The Morgan fingerprint density at radius 2 is 2.25 bits per heavy atom. The van der Waals surface area contributed by atoms with Crippen molar-refractivity contribution in [2.45, 2.75) is 24.1 Å². The molecule has 1 aliphatic heterocycles. The van der Waals surface area contributed by atoms with Gasteiger partial charge >= 0.3 is 0 Å². The first-order valence-electron chi connectivity index (χ1n) is 5.99. The Bertz CT molecular complexity index is 652. The van der Waals surface area contributed by atoms with Gasteiger partial charge in [-0.3, -0.25) is 15.1 Å². The molecule has 2 N–H and O–H groups in total. The first kappa shape index (κ1) is 13.3. The Labute approximate surface area is 117 Å². The second-order valence-electron chi connectivity index (χ2n) is 5.14. The van der Waals surface area contributed by atoms with Crippen LogP contribution < -0.4 is 5.73 Å². The summed E-state index contributed by atoms with van der Waals surface area (Å²) in [6.45, 7) is 1.64. The Balaban J connectivity index is 2.18. The fraction of sp³-hybridized carbons (Fsp3) is 0.417. The standard InChI is InChI=1S/C12H11F2N3O2S/c1-12(6-4-9(6)20-11(15)16-12)7-2-5(17(18)19)3-8(13)10(7)14/h2-3,6,9H,4H2,1H3,(H2,15,16)/t6?,9?,12-/m0/s1. The number of nitro benzene ring substituents is 1. The third-order valence-electron chi connectivity index (χ3n) is 3.84. The van der Waals surface area contributed by atoms with Gasteiger partial charge in [-0.05, 0) is 13.3 Å². The van der Waals surface area contributed by atoms with E-state index < -0.39 is 27.8 Å². The minimum atomic E-state index is -1.24. The zero-order chi connectivity index (χ0) is 14.7. The smallest absolute Gasteiger partial charge is 0.272 e. The first-order valence-corrected chi connectivity index (χ1v) is 6.87. The number of nitrogens with zero attached hydrogens (tertiary/aromatic N) is 2. The summed E-state index contributed by atoms with van der Waals surface area (Å²) in [6, 6.07) is 1.64. The van der Waals surface area contributed by atoms with Gasteiger partial charge < -0.3 is 5.73 Å². The van der Waals surface area contributed by atoms with Gasteiger partial charge in [-0.15, -0.1) is 0 Å². The van der Waals surface area contributed by atoms with E-state index in [2.05, 4.69) is 4.99 Å². The van der Waals surface area contributed by atoms with Crippen molar-refractivity contribution in [1.82, 2.24) is 0 Å². The molecule has 1 aromatic rings. The average Bonchev–Trinajstić information content (AvgIpc) is 3.11. The highest BCUT2D eigenvalue weighted by Gasteiger charge is 2.56. The molecule has 1 fully saturated rings. The van der Waals surface area contributed by atoms with Crippen molar-refractivity contribution < 1.29 is 13.7 Å². The summed E-state index contributed by atoms with van der Waals surface area (Å²) in [5.74, 6) is -2.30. The molecule has 0 spiro atoms. The molecule has 0 bridgehead atoms. The highest BCUT2D eigenvalue weighted by molar-refractivity contribution is 8.14. The normalized spacial score (nSPS) is 31.4. The van der Waals surface area contributed by atoms with E-state index in [1.807, 2.05) is 0 Å². The lowest BCUT2D eigenvalue weighted by Crippen LogP contribution is -2.32. The van der Waals surface area contributed by atoms with Crippen LogP contribution in [0.1, 0.15) is 18.9 Å². The zero-order valence-electron chi connectivity index (χ0n) is 10.5. The van der Waals surface area contributed by atoms with E-state index >= 15 is 0 Å². The number of benzene rings is 1. The maximum absolute atomic E-state index is 14.1. The van der Waals surface area contributed by atoms with E-state index in [0.717, 1.165) is 12.5 Å². The van der Waals surface area contributed by atoms with Crippen molar-refractivity contribution in [2.24, 2.45) is 16.6 Å². The molecule has 1 heterocycles. The fourth-order valence-electron chi connectivity index (χ4n) is 2.70. The van der Waals surface area contributed by atoms with E-state index in [9.17, 15) is 18.9 Å². The maximum Gasteiger partial charge on any atom is 0.272 e. The van der Waals surface area contributed by atoms with Gasteiger partial charge in [0.05, 0.1) is 16.5 Å². The largest absolute Gasteiger partial charge is 0.379 e. The molecule has 0 saturated heterocycles. The van der Waals surface area contributed by atoms with Crippen molar-refractivity contribution in [3.8, 4) is 0 Å². The molecule has 0 aromatic heterocycles. The molecular formula is C12H11F2N3O2S. The summed E-state index contributed by atoms with van der Waals surface area (Å²) in [6.07, 6.45) is 0.787. The Kier molecular flexibility index (Phi) is 2.75. The quantitative estimate of drug-likeness (QED) is 0.672. The second-order valence-corrected chi connectivity index (χ2v) is 6.40. The number of nitrogens with two attached hydrogens (primary N) is 1. The van der Waals surface area contributed by atoms with Crippen LogP contribution >= 0.6 is 11.8 Å². The maximum atomic E-state index is 14.1. The lowest BCUT2D eigenvalue weighted by Gasteiger charge is -2.30. The molecule has 1 aromatic carbocycles. The van der Waals surface area contributed by atoms with E-state index in [-0.39, 0.29) is 16.7 Å². The Morgan fingerprint density at radius 1 is 1.55 bits per heavy atom. The van der Waals surface area contributed by atoms with Gasteiger partial charge in [0.2, 0.25) is 0 Å². The van der Waals surface area contributed by atoms with Gasteiger partial charge in [0.25, 0.3) is 5.69 Å². The molecule has 2 aliphatic rings. The summed E-state index contributed by atoms with van der Waals surface area (Å²) in [4.78, 5) is 14.3. The fourth-order valence-corrected chi connectivity index (χ4v) is 3.98. The van der Waals surface area contributed by atoms with Crippen LogP contribution in [0.2, 0.25) is 0 Å². The summed E-state index contributed by atoms with van der Waals surface area (Å²) in [7, 11) is 0. The van der Waals surface area contributed by atoms with Gasteiger partial charge in [-0.25, -0.2) is 8.78 Å². The summed E-state index contributed by atoms with van der Waals surface area (Å²) >= 11 is 1.41. The summed E-state index contributed by atoms with van der Waals surface area (Å²) in [5.41, 5.74) is 4.09. The minimum Gasteiger partial charge on any atom is -0.379 e. The van der Waals surface area contributed by atoms with E-state index in [1.54, 1.807) is 6.92 Å². The van der Waals surface area contributed by atoms with Crippen molar-refractivity contribution in [3.05, 3.63) is 39.4 Å². The van der Waals surface area contributed by atoms with Gasteiger partial charge in [0.15, 0.2) is 16.8 Å². The first-order chi connectivity index (χ1) is 9.33. The van der Waals surface area contributed by atoms with Crippen LogP contribution in [0.25, 0.3) is 0 Å². The molecule has 2 unspecified atom stereocenters. The SMILES string of the molecule is C[C@]1(c2cc([N+](=O)[O-])cc(F)c2F)N=C(N)SC2CC21. The molecule has 1 saturated carbocycles. The number of amidine groups is 1. The van der Waals surface area contributed by atoms with Crippen LogP contribution in [0.3, 0.4) is 0 Å². The average molecular weight is 299 g/mol. The van der Waals surface area contributed by atoms with Crippen molar-refractivity contribution >= 4 is 22.6 Å². The number of rotatable bonds is 2. The number of hydrogen-bond donors (Lipinski definition) is 1. The molecule has 1 aliphatic carbocycles. The van der Waals surface area contributed by atoms with E-state index in [4.69, 9.17) is 5.73 Å².